The maximum atomic E-state index is 11.5. The van der Waals surface area contributed by atoms with E-state index in [9.17, 15) is 4.79 Å². The number of methoxy groups -OCH3 is 1. The summed E-state index contributed by atoms with van der Waals surface area (Å²) in [6.45, 7) is 1.87. The van der Waals surface area contributed by atoms with E-state index in [2.05, 4.69) is 10.5 Å². The molecule has 2 aromatic heterocycles. The standard InChI is InChI=1S/C12H11ClN2O2S2/c1-7(9-3-4-10(13)19-9)14-15-8-5-6-18-11(8)12(16)17-2/h3-6,15H,1-2H3/b14-7+. The van der Waals surface area contributed by atoms with Gasteiger partial charge in [0.15, 0.2) is 0 Å². The molecule has 0 aliphatic heterocycles. The Bertz CT molecular complexity index is 619. The number of nitrogens with zero attached hydrogens (tertiary/aromatic N) is 1. The third-order valence-corrected chi connectivity index (χ3v) is 4.54. The van der Waals surface area contributed by atoms with Crippen LogP contribution in [0.2, 0.25) is 4.34 Å². The quantitative estimate of drug-likeness (QED) is 0.525. The van der Waals surface area contributed by atoms with E-state index in [1.165, 1.54) is 29.8 Å². The summed E-state index contributed by atoms with van der Waals surface area (Å²) in [4.78, 5) is 13.0. The fourth-order valence-electron chi connectivity index (χ4n) is 1.36. The van der Waals surface area contributed by atoms with Crippen molar-refractivity contribution in [3.63, 3.8) is 0 Å². The molecular weight excluding hydrogens is 304 g/mol. The van der Waals surface area contributed by atoms with Gasteiger partial charge in [0.05, 0.1) is 27.7 Å². The number of ether oxygens (including phenoxy) is 1. The van der Waals surface area contributed by atoms with E-state index in [1.54, 1.807) is 11.4 Å². The summed E-state index contributed by atoms with van der Waals surface area (Å²) in [5.41, 5.74) is 4.32. The molecule has 0 amide bonds. The van der Waals surface area contributed by atoms with Crippen LogP contribution in [0.3, 0.4) is 0 Å². The summed E-state index contributed by atoms with van der Waals surface area (Å²) in [6, 6.07) is 5.52. The third kappa shape index (κ3) is 3.34. The Hall–Kier alpha value is -1.37. The van der Waals surface area contributed by atoms with Gasteiger partial charge in [0, 0.05) is 0 Å². The van der Waals surface area contributed by atoms with Gasteiger partial charge in [-0.25, -0.2) is 4.79 Å². The predicted molar refractivity (Wildman–Crippen MR) is 80.8 cm³/mol. The van der Waals surface area contributed by atoms with Crippen LogP contribution >= 0.6 is 34.3 Å². The Morgan fingerprint density at radius 2 is 2.21 bits per heavy atom. The van der Waals surface area contributed by atoms with Crippen molar-refractivity contribution in [2.24, 2.45) is 5.10 Å². The molecule has 2 aromatic rings. The number of carbonyl (C=O) groups is 1. The Morgan fingerprint density at radius 3 is 2.84 bits per heavy atom. The van der Waals surface area contributed by atoms with Crippen molar-refractivity contribution >= 4 is 51.6 Å². The zero-order valence-electron chi connectivity index (χ0n) is 10.3. The summed E-state index contributed by atoms with van der Waals surface area (Å²) in [5, 5.41) is 6.05. The van der Waals surface area contributed by atoms with Gasteiger partial charge in [-0.05, 0) is 30.5 Å². The maximum Gasteiger partial charge on any atom is 0.350 e. The lowest BCUT2D eigenvalue weighted by Gasteiger charge is -2.02. The highest BCUT2D eigenvalue weighted by molar-refractivity contribution is 7.18. The zero-order valence-corrected chi connectivity index (χ0v) is 12.7. The van der Waals surface area contributed by atoms with E-state index >= 15 is 0 Å². The molecule has 0 saturated heterocycles. The van der Waals surface area contributed by atoms with Gasteiger partial charge >= 0.3 is 5.97 Å². The fraction of sp³-hybridized carbons (Fsp3) is 0.167. The summed E-state index contributed by atoms with van der Waals surface area (Å²) >= 11 is 8.64. The highest BCUT2D eigenvalue weighted by Crippen LogP contribution is 2.24. The molecule has 0 unspecified atom stereocenters. The van der Waals surface area contributed by atoms with Gasteiger partial charge in [0.2, 0.25) is 0 Å². The SMILES string of the molecule is COC(=O)c1sccc1N/N=C(\C)c1ccc(Cl)s1. The molecule has 0 radical (unpaired) electrons. The molecule has 2 rings (SSSR count). The molecule has 0 saturated carbocycles. The Labute approximate surface area is 123 Å². The summed E-state index contributed by atoms with van der Waals surface area (Å²) < 4.78 is 5.42. The van der Waals surface area contributed by atoms with Crippen LogP contribution in [0, 0.1) is 0 Å². The first kappa shape index (κ1) is 14.0. The molecule has 0 fully saturated rings. The van der Waals surface area contributed by atoms with Crippen molar-refractivity contribution in [1.29, 1.82) is 0 Å². The number of rotatable bonds is 4. The van der Waals surface area contributed by atoms with Crippen LogP contribution in [0.25, 0.3) is 0 Å². The van der Waals surface area contributed by atoms with Crippen LogP contribution < -0.4 is 5.43 Å². The van der Waals surface area contributed by atoms with Gasteiger partial charge in [-0.1, -0.05) is 11.6 Å². The first-order valence-electron chi connectivity index (χ1n) is 5.33. The second kappa shape index (κ2) is 6.18. The molecule has 2 heterocycles. The van der Waals surface area contributed by atoms with Crippen LogP contribution in [0.1, 0.15) is 21.5 Å². The van der Waals surface area contributed by atoms with Gasteiger partial charge in [0.25, 0.3) is 0 Å². The lowest BCUT2D eigenvalue weighted by molar-refractivity contribution is 0.0607. The van der Waals surface area contributed by atoms with Crippen molar-refractivity contribution in [3.05, 3.63) is 37.7 Å². The molecule has 0 atom stereocenters. The Balaban J connectivity index is 2.14. The van der Waals surface area contributed by atoms with E-state index in [-0.39, 0.29) is 5.97 Å². The van der Waals surface area contributed by atoms with Crippen molar-refractivity contribution in [1.82, 2.24) is 0 Å². The minimum absolute atomic E-state index is 0.371. The lowest BCUT2D eigenvalue weighted by Crippen LogP contribution is -2.03. The van der Waals surface area contributed by atoms with Crippen LogP contribution in [0.15, 0.2) is 28.7 Å². The van der Waals surface area contributed by atoms with Gasteiger partial charge in [-0.3, -0.25) is 5.43 Å². The van der Waals surface area contributed by atoms with E-state index in [0.717, 1.165) is 14.9 Å². The summed E-state index contributed by atoms with van der Waals surface area (Å²) in [7, 11) is 1.36. The number of hydrazone groups is 1. The van der Waals surface area contributed by atoms with E-state index in [1.807, 2.05) is 19.1 Å². The van der Waals surface area contributed by atoms with Crippen LogP contribution in [-0.4, -0.2) is 18.8 Å². The van der Waals surface area contributed by atoms with Crippen molar-refractivity contribution < 1.29 is 9.53 Å². The summed E-state index contributed by atoms with van der Waals surface area (Å²) in [5.74, 6) is -0.371. The van der Waals surface area contributed by atoms with Crippen LogP contribution in [0.4, 0.5) is 5.69 Å². The van der Waals surface area contributed by atoms with Crippen LogP contribution in [0.5, 0.6) is 0 Å². The second-order valence-electron chi connectivity index (χ2n) is 3.57. The molecule has 0 spiro atoms. The highest BCUT2D eigenvalue weighted by atomic mass is 35.5. The third-order valence-electron chi connectivity index (χ3n) is 2.31. The maximum absolute atomic E-state index is 11.5. The molecule has 100 valence electrons. The molecule has 0 aromatic carbocycles. The van der Waals surface area contributed by atoms with Crippen molar-refractivity contribution in [3.8, 4) is 0 Å². The van der Waals surface area contributed by atoms with Gasteiger partial charge < -0.3 is 4.74 Å². The Morgan fingerprint density at radius 1 is 1.42 bits per heavy atom. The largest absolute Gasteiger partial charge is 0.465 e. The van der Waals surface area contributed by atoms with E-state index in [0.29, 0.717) is 10.6 Å². The van der Waals surface area contributed by atoms with Crippen molar-refractivity contribution in [2.75, 3.05) is 12.5 Å². The summed E-state index contributed by atoms with van der Waals surface area (Å²) in [6.07, 6.45) is 0. The molecule has 0 aliphatic rings. The fourth-order valence-corrected chi connectivity index (χ4v) is 3.10. The number of halogens is 1. The molecule has 0 aliphatic carbocycles. The molecule has 4 nitrogen and oxygen atoms in total. The first-order valence-corrected chi connectivity index (χ1v) is 7.41. The number of anilines is 1. The molecule has 0 bridgehead atoms. The second-order valence-corrected chi connectivity index (χ2v) is 6.20. The zero-order chi connectivity index (χ0) is 13.8. The average molecular weight is 315 g/mol. The number of thiophene rings is 2. The smallest absolute Gasteiger partial charge is 0.350 e. The monoisotopic (exact) mass is 314 g/mol. The normalized spacial score (nSPS) is 11.4. The topological polar surface area (TPSA) is 50.7 Å². The molecule has 1 N–H and O–H groups in total. The minimum Gasteiger partial charge on any atom is -0.465 e. The van der Waals surface area contributed by atoms with Crippen LogP contribution in [-0.2, 0) is 4.74 Å². The number of nitrogens with one attached hydrogen (secondary N) is 1. The first-order chi connectivity index (χ1) is 9.11. The minimum atomic E-state index is -0.371. The average Bonchev–Trinajstić information content (AvgIpc) is 3.03. The van der Waals surface area contributed by atoms with Gasteiger partial charge in [0.1, 0.15) is 4.88 Å². The molecule has 19 heavy (non-hydrogen) atoms. The number of esters is 1. The van der Waals surface area contributed by atoms with Crippen molar-refractivity contribution in [2.45, 2.75) is 6.92 Å². The number of hydrogen-bond donors (Lipinski definition) is 1. The molecular formula is C12H11ClN2O2S2. The van der Waals surface area contributed by atoms with E-state index in [4.69, 9.17) is 16.3 Å². The lowest BCUT2D eigenvalue weighted by atomic mass is 10.3. The van der Waals surface area contributed by atoms with Gasteiger partial charge in [-0.15, -0.1) is 22.7 Å². The van der Waals surface area contributed by atoms with E-state index < -0.39 is 0 Å². The number of carbonyl (C=O) groups excluding carboxylic acids is 1. The molecule has 7 heteroatoms. The van der Waals surface area contributed by atoms with Gasteiger partial charge in [-0.2, -0.15) is 5.10 Å². The highest BCUT2D eigenvalue weighted by Gasteiger charge is 2.13. The Kier molecular flexibility index (Phi) is 4.57. The number of hydrogen-bond acceptors (Lipinski definition) is 6. The predicted octanol–water partition coefficient (Wildman–Crippen LogP) is 4.09.